The second-order valence-corrected chi connectivity index (χ2v) is 7.79. The highest BCUT2D eigenvalue weighted by Gasteiger charge is 2.37. The van der Waals surface area contributed by atoms with Crippen molar-refractivity contribution in [2.75, 3.05) is 12.4 Å². The number of anilines is 1. The molecule has 0 atom stereocenters. The van der Waals surface area contributed by atoms with Gasteiger partial charge in [-0.3, -0.25) is 14.9 Å². The first kappa shape index (κ1) is 19.5. The van der Waals surface area contributed by atoms with Gasteiger partial charge in [-0.2, -0.15) is 0 Å². The molecule has 7 heteroatoms. The van der Waals surface area contributed by atoms with Crippen molar-refractivity contribution in [3.8, 4) is 11.1 Å². The maximum absolute atomic E-state index is 12.7. The third-order valence-electron chi connectivity index (χ3n) is 5.52. The lowest BCUT2D eigenvalue weighted by Crippen LogP contribution is -2.25. The van der Waals surface area contributed by atoms with Gasteiger partial charge in [0.05, 0.1) is 29.5 Å². The first-order valence-corrected chi connectivity index (χ1v) is 10.0. The molecule has 1 aliphatic heterocycles. The number of rotatable bonds is 4. The number of amides is 2. The molecule has 2 aromatic carbocycles. The molecule has 2 N–H and O–H groups in total. The van der Waals surface area contributed by atoms with Crippen LogP contribution in [0.15, 0.2) is 30.3 Å². The van der Waals surface area contributed by atoms with Crippen molar-refractivity contribution in [3.05, 3.63) is 52.0 Å². The summed E-state index contributed by atoms with van der Waals surface area (Å²) in [5.41, 5.74) is 2.37. The van der Waals surface area contributed by atoms with Gasteiger partial charge >= 0.3 is 5.97 Å². The van der Waals surface area contributed by atoms with Gasteiger partial charge in [0.1, 0.15) is 0 Å². The highest BCUT2D eigenvalue weighted by molar-refractivity contribution is 6.30. The van der Waals surface area contributed by atoms with Gasteiger partial charge in [-0.15, -0.1) is 0 Å². The fourth-order valence-corrected chi connectivity index (χ4v) is 4.23. The Morgan fingerprint density at radius 1 is 1.07 bits per heavy atom. The molecular weight excluding hydrogens is 392 g/mol. The van der Waals surface area contributed by atoms with Gasteiger partial charge in [-0.25, -0.2) is 4.79 Å². The van der Waals surface area contributed by atoms with Crippen LogP contribution < -0.4 is 10.6 Å². The average Bonchev–Trinajstić information content (AvgIpc) is 3.03. The van der Waals surface area contributed by atoms with Crippen molar-refractivity contribution >= 4 is 35.1 Å². The van der Waals surface area contributed by atoms with Crippen LogP contribution in [0, 0.1) is 0 Å². The number of nitrogens with one attached hydrogen (secondary N) is 2. The lowest BCUT2D eigenvalue weighted by Gasteiger charge is -2.27. The number of carbonyl (C=O) groups is 3. The van der Waals surface area contributed by atoms with Gasteiger partial charge in [-0.1, -0.05) is 43.0 Å². The Morgan fingerprint density at radius 3 is 2.38 bits per heavy atom. The number of benzene rings is 2. The van der Waals surface area contributed by atoms with Gasteiger partial charge in [0.15, 0.2) is 0 Å². The normalized spacial score (nSPS) is 16.3. The van der Waals surface area contributed by atoms with Crippen LogP contribution in [-0.2, 0) is 4.74 Å². The lowest BCUT2D eigenvalue weighted by molar-refractivity contribution is 0.0596. The molecule has 0 spiro atoms. The largest absolute Gasteiger partial charge is 0.465 e. The van der Waals surface area contributed by atoms with E-state index in [1.54, 1.807) is 18.2 Å². The second-order valence-electron chi connectivity index (χ2n) is 7.36. The third-order valence-corrected chi connectivity index (χ3v) is 5.77. The molecule has 2 aliphatic rings. The number of hydrogen-bond acceptors (Lipinski definition) is 5. The summed E-state index contributed by atoms with van der Waals surface area (Å²) >= 11 is 6.04. The van der Waals surface area contributed by atoms with E-state index in [0.29, 0.717) is 16.3 Å². The van der Waals surface area contributed by atoms with E-state index >= 15 is 0 Å². The molecule has 0 radical (unpaired) electrons. The summed E-state index contributed by atoms with van der Waals surface area (Å²) in [5.74, 6) is -1.76. The van der Waals surface area contributed by atoms with E-state index in [9.17, 15) is 14.4 Å². The predicted molar refractivity (Wildman–Crippen MR) is 111 cm³/mol. The molecular formula is C22H21ClN2O4. The van der Waals surface area contributed by atoms with E-state index < -0.39 is 17.8 Å². The van der Waals surface area contributed by atoms with E-state index in [1.807, 2.05) is 12.1 Å². The van der Waals surface area contributed by atoms with Crippen LogP contribution in [0.2, 0.25) is 5.02 Å². The number of halogens is 1. The Morgan fingerprint density at radius 2 is 1.72 bits per heavy atom. The molecule has 1 fully saturated rings. The van der Waals surface area contributed by atoms with Gasteiger partial charge in [0.2, 0.25) is 0 Å². The lowest BCUT2D eigenvalue weighted by atomic mass is 9.90. The minimum Gasteiger partial charge on any atom is -0.465 e. The highest BCUT2D eigenvalue weighted by atomic mass is 35.5. The molecule has 4 rings (SSSR count). The van der Waals surface area contributed by atoms with Crippen LogP contribution in [0.4, 0.5) is 5.69 Å². The van der Waals surface area contributed by atoms with Crippen LogP contribution in [0.1, 0.15) is 63.2 Å². The number of esters is 1. The van der Waals surface area contributed by atoms with Gasteiger partial charge < -0.3 is 10.1 Å². The molecule has 6 nitrogen and oxygen atoms in total. The van der Waals surface area contributed by atoms with Gasteiger partial charge in [0, 0.05) is 16.6 Å². The number of carbonyl (C=O) groups excluding carboxylic acids is 3. The van der Waals surface area contributed by atoms with E-state index in [1.165, 1.54) is 13.5 Å². The quantitative estimate of drug-likeness (QED) is 0.573. The summed E-state index contributed by atoms with van der Waals surface area (Å²) < 4.78 is 4.87. The summed E-state index contributed by atoms with van der Waals surface area (Å²) in [6, 6.07) is 8.97. The number of hydrogen-bond donors (Lipinski definition) is 2. The predicted octanol–water partition coefficient (Wildman–Crippen LogP) is 4.42. The summed E-state index contributed by atoms with van der Waals surface area (Å²) in [7, 11) is 1.25. The molecule has 2 amide bonds. The van der Waals surface area contributed by atoms with Crippen LogP contribution in [-0.4, -0.2) is 30.9 Å². The van der Waals surface area contributed by atoms with E-state index in [0.717, 1.165) is 31.2 Å². The highest BCUT2D eigenvalue weighted by Crippen LogP contribution is 2.39. The first-order valence-electron chi connectivity index (χ1n) is 9.67. The molecule has 1 saturated carbocycles. The Hall–Kier alpha value is -2.86. The van der Waals surface area contributed by atoms with Crippen molar-refractivity contribution in [3.63, 3.8) is 0 Å². The fourth-order valence-electron chi connectivity index (χ4n) is 4.10. The maximum atomic E-state index is 12.7. The van der Waals surface area contributed by atoms with E-state index in [-0.39, 0.29) is 22.7 Å². The van der Waals surface area contributed by atoms with Crippen LogP contribution in [0.5, 0.6) is 0 Å². The number of methoxy groups -OCH3 is 1. The SMILES string of the molecule is COC(=O)c1cc(-c2ccc(Cl)cc2)c(NC2CCCCC2)c2c1C(=O)NC2=O. The molecule has 2 aromatic rings. The van der Waals surface area contributed by atoms with Crippen LogP contribution >= 0.6 is 11.6 Å². The summed E-state index contributed by atoms with van der Waals surface area (Å²) in [6.45, 7) is 0. The summed E-state index contributed by atoms with van der Waals surface area (Å²) in [5, 5.41) is 6.40. The molecule has 1 heterocycles. The monoisotopic (exact) mass is 412 g/mol. The topological polar surface area (TPSA) is 84.5 Å². The van der Waals surface area contributed by atoms with Crippen molar-refractivity contribution in [2.45, 2.75) is 38.1 Å². The summed E-state index contributed by atoms with van der Waals surface area (Å²) in [6.07, 6.45) is 5.40. The minimum absolute atomic E-state index is 0.0675. The second kappa shape index (κ2) is 7.87. The Bertz CT molecular complexity index is 995. The van der Waals surface area contributed by atoms with E-state index in [2.05, 4.69) is 10.6 Å². The first-order chi connectivity index (χ1) is 14.0. The van der Waals surface area contributed by atoms with Gasteiger partial charge in [0.25, 0.3) is 11.8 Å². The zero-order chi connectivity index (χ0) is 20.5. The third kappa shape index (κ3) is 3.60. The average molecular weight is 413 g/mol. The minimum atomic E-state index is -0.662. The molecule has 0 unspecified atom stereocenters. The Kier molecular flexibility index (Phi) is 5.28. The molecule has 1 aliphatic carbocycles. The van der Waals surface area contributed by atoms with E-state index in [4.69, 9.17) is 16.3 Å². The van der Waals surface area contributed by atoms with Gasteiger partial charge in [-0.05, 0) is 36.6 Å². The van der Waals surface area contributed by atoms with Crippen molar-refractivity contribution < 1.29 is 19.1 Å². The molecule has 29 heavy (non-hydrogen) atoms. The molecule has 0 aromatic heterocycles. The number of fused-ring (bicyclic) bond motifs is 1. The smallest absolute Gasteiger partial charge is 0.338 e. The number of ether oxygens (including phenoxy) is 1. The Labute approximate surface area is 173 Å². The molecule has 0 bridgehead atoms. The standard InChI is InChI=1S/C22H21ClN2O4/c1-29-22(28)16-11-15(12-7-9-13(23)10-8-12)19(24-14-5-3-2-4-6-14)18-17(16)20(26)25-21(18)27/h7-11,14,24H,2-6H2,1H3,(H,25,26,27). The zero-order valence-corrected chi connectivity index (χ0v) is 16.8. The number of imide groups is 1. The fraction of sp³-hybridized carbons (Fsp3) is 0.318. The van der Waals surface area contributed by atoms with Crippen LogP contribution in [0.25, 0.3) is 11.1 Å². The van der Waals surface area contributed by atoms with Crippen LogP contribution in [0.3, 0.4) is 0 Å². The molecule has 0 saturated heterocycles. The summed E-state index contributed by atoms with van der Waals surface area (Å²) in [4.78, 5) is 37.6. The van der Waals surface area contributed by atoms with Crippen molar-refractivity contribution in [1.29, 1.82) is 0 Å². The van der Waals surface area contributed by atoms with Crippen molar-refractivity contribution in [2.24, 2.45) is 0 Å². The Balaban J connectivity index is 1.95. The zero-order valence-electron chi connectivity index (χ0n) is 16.0. The van der Waals surface area contributed by atoms with Crippen molar-refractivity contribution in [1.82, 2.24) is 5.32 Å². The maximum Gasteiger partial charge on any atom is 0.338 e. The molecule has 150 valence electrons.